The first-order chi connectivity index (χ1) is 8.91. The molecule has 0 saturated heterocycles. The van der Waals surface area contributed by atoms with Crippen LogP contribution in [0.1, 0.15) is 24.5 Å². The van der Waals surface area contributed by atoms with E-state index in [0.29, 0.717) is 6.54 Å². The van der Waals surface area contributed by atoms with E-state index in [2.05, 4.69) is 0 Å². The molecule has 0 saturated carbocycles. The number of carboxylic acid groups (broad SMARTS) is 2. The standard InChI is InChI=1S/C14H19NO4/c1-10-5-3-4-6-12(10)9-15(8-7-13(16)17)11(2)14(18)19/h3-6,11H,7-9H2,1-2H3,(H,16,17)(H,18,19). The van der Waals surface area contributed by atoms with Crippen LogP contribution in [0.5, 0.6) is 0 Å². The summed E-state index contributed by atoms with van der Waals surface area (Å²) in [5.74, 6) is -1.87. The second-order valence-electron chi connectivity index (χ2n) is 4.55. The van der Waals surface area contributed by atoms with Crippen LogP contribution in [0.3, 0.4) is 0 Å². The first-order valence-corrected chi connectivity index (χ1v) is 6.15. The number of carbonyl (C=O) groups is 2. The number of rotatable bonds is 7. The highest BCUT2D eigenvalue weighted by atomic mass is 16.4. The first-order valence-electron chi connectivity index (χ1n) is 6.15. The van der Waals surface area contributed by atoms with Crippen LogP contribution in [0.25, 0.3) is 0 Å². The Bertz CT molecular complexity index is 459. The van der Waals surface area contributed by atoms with Gasteiger partial charge in [-0.2, -0.15) is 0 Å². The highest BCUT2D eigenvalue weighted by Crippen LogP contribution is 2.13. The lowest BCUT2D eigenvalue weighted by atomic mass is 10.1. The van der Waals surface area contributed by atoms with E-state index in [1.54, 1.807) is 11.8 Å². The summed E-state index contributed by atoms with van der Waals surface area (Å²) in [5.41, 5.74) is 2.08. The van der Waals surface area contributed by atoms with E-state index in [-0.39, 0.29) is 13.0 Å². The molecule has 0 fully saturated rings. The van der Waals surface area contributed by atoms with Crippen molar-refractivity contribution in [3.63, 3.8) is 0 Å². The van der Waals surface area contributed by atoms with Crippen molar-refractivity contribution in [3.05, 3.63) is 35.4 Å². The van der Waals surface area contributed by atoms with E-state index in [1.165, 1.54) is 0 Å². The van der Waals surface area contributed by atoms with Crippen molar-refractivity contribution in [2.24, 2.45) is 0 Å². The summed E-state index contributed by atoms with van der Waals surface area (Å²) in [6.07, 6.45) is -0.0660. The van der Waals surface area contributed by atoms with E-state index in [1.807, 2.05) is 31.2 Å². The Morgan fingerprint density at radius 1 is 1.26 bits per heavy atom. The molecule has 1 aromatic carbocycles. The number of nitrogens with zero attached hydrogens (tertiary/aromatic N) is 1. The molecule has 0 aliphatic heterocycles. The van der Waals surface area contributed by atoms with Gasteiger partial charge in [0, 0.05) is 13.1 Å². The van der Waals surface area contributed by atoms with Crippen molar-refractivity contribution in [1.29, 1.82) is 0 Å². The molecule has 1 unspecified atom stereocenters. The topological polar surface area (TPSA) is 77.8 Å². The zero-order valence-electron chi connectivity index (χ0n) is 11.2. The van der Waals surface area contributed by atoms with Crippen LogP contribution in [-0.4, -0.2) is 39.6 Å². The quantitative estimate of drug-likeness (QED) is 0.785. The number of aliphatic carboxylic acids is 2. The Hall–Kier alpha value is -1.88. The van der Waals surface area contributed by atoms with E-state index < -0.39 is 18.0 Å². The molecule has 5 nitrogen and oxygen atoms in total. The van der Waals surface area contributed by atoms with Crippen LogP contribution in [0, 0.1) is 6.92 Å². The predicted octanol–water partition coefficient (Wildman–Crippen LogP) is 1.74. The summed E-state index contributed by atoms with van der Waals surface area (Å²) in [6.45, 7) is 4.18. The first kappa shape index (κ1) is 15.2. The van der Waals surface area contributed by atoms with E-state index in [9.17, 15) is 9.59 Å². The SMILES string of the molecule is Cc1ccccc1CN(CCC(=O)O)C(C)C(=O)O. The minimum absolute atomic E-state index is 0.0660. The average molecular weight is 265 g/mol. The molecule has 0 bridgehead atoms. The highest BCUT2D eigenvalue weighted by Gasteiger charge is 2.21. The van der Waals surface area contributed by atoms with Gasteiger partial charge in [-0.05, 0) is 25.0 Å². The molecule has 0 aromatic heterocycles. The molecule has 0 radical (unpaired) electrons. The molecular weight excluding hydrogens is 246 g/mol. The van der Waals surface area contributed by atoms with Crippen molar-refractivity contribution in [1.82, 2.24) is 4.90 Å². The molecule has 2 N–H and O–H groups in total. The monoisotopic (exact) mass is 265 g/mol. The lowest BCUT2D eigenvalue weighted by Crippen LogP contribution is -2.39. The second-order valence-corrected chi connectivity index (χ2v) is 4.55. The Kier molecular flexibility index (Phi) is 5.51. The van der Waals surface area contributed by atoms with Gasteiger partial charge in [0.25, 0.3) is 0 Å². The molecule has 5 heteroatoms. The van der Waals surface area contributed by atoms with E-state index in [4.69, 9.17) is 10.2 Å². The Labute approximate surface area is 112 Å². The number of hydrogen-bond donors (Lipinski definition) is 2. The summed E-state index contributed by atoms with van der Waals surface area (Å²) in [6, 6.07) is 6.98. The van der Waals surface area contributed by atoms with Gasteiger partial charge in [0.05, 0.1) is 6.42 Å². The van der Waals surface area contributed by atoms with Crippen molar-refractivity contribution in [2.45, 2.75) is 32.9 Å². The van der Waals surface area contributed by atoms with Gasteiger partial charge in [-0.15, -0.1) is 0 Å². The fourth-order valence-electron chi connectivity index (χ4n) is 1.81. The van der Waals surface area contributed by atoms with Crippen LogP contribution in [-0.2, 0) is 16.1 Å². The Morgan fingerprint density at radius 2 is 1.89 bits per heavy atom. The zero-order valence-corrected chi connectivity index (χ0v) is 11.2. The van der Waals surface area contributed by atoms with Crippen LogP contribution < -0.4 is 0 Å². The maximum atomic E-state index is 11.1. The number of hydrogen-bond acceptors (Lipinski definition) is 3. The Balaban J connectivity index is 2.81. The van der Waals surface area contributed by atoms with Gasteiger partial charge in [-0.1, -0.05) is 24.3 Å². The van der Waals surface area contributed by atoms with Crippen LogP contribution in [0.2, 0.25) is 0 Å². The van der Waals surface area contributed by atoms with Crippen molar-refractivity contribution in [2.75, 3.05) is 6.54 Å². The third-order valence-corrected chi connectivity index (χ3v) is 3.15. The van der Waals surface area contributed by atoms with E-state index in [0.717, 1.165) is 11.1 Å². The van der Waals surface area contributed by atoms with Crippen molar-refractivity contribution in [3.8, 4) is 0 Å². The minimum atomic E-state index is -0.945. The molecule has 0 heterocycles. The van der Waals surface area contributed by atoms with Crippen LogP contribution in [0.15, 0.2) is 24.3 Å². The van der Waals surface area contributed by atoms with E-state index >= 15 is 0 Å². The zero-order chi connectivity index (χ0) is 14.4. The number of aryl methyl sites for hydroxylation is 1. The smallest absolute Gasteiger partial charge is 0.320 e. The van der Waals surface area contributed by atoms with Crippen LogP contribution in [0.4, 0.5) is 0 Å². The van der Waals surface area contributed by atoms with Crippen molar-refractivity contribution >= 4 is 11.9 Å². The summed E-state index contributed by atoms with van der Waals surface area (Å²) >= 11 is 0. The van der Waals surface area contributed by atoms with Crippen molar-refractivity contribution < 1.29 is 19.8 Å². The second kappa shape index (κ2) is 6.89. The fraction of sp³-hybridized carbons (Fsp3) is 0.429. The Morgan fingerprint density at radius 3 is 2.42 bits per heavy atom. The molecule has 19 heavy (non-hydrogen) atoms. The number of carboxylic acids is 2. The molecule has 0 amide bonds. The minimum Gasteiger partial charge on any atom is -0.481 e. The fourth-order valence-corrected chi connectivity index (χ4v) is 1.81. The molecule has 1 atom stereocenters. The number of benzene rings is 1. The van der Waals surface area contributed by atoms with Gasteiger partial charge < -0.3 is 10.2 Å². The van der Waals surface area contributed by atoms with Gasteiger partial charge in [0.2, 0.25) is 0 Å². The molecule has 1 rings (SSSR count). The summed E-state index contributed by atoms with van der Waals surface area (Å²) in [5, 5.41) is 17.8. The van der Waals surface area contributed by atoms with Gasteiger partial charge in [-0.3, -0.25) is 14.5 Å². The molecule has 0 aliphatic rings. The summed E-state index contributed by atoms with van der Waals surface area (Å²) in [7, 11) is 0. The van der Waals surface area contributed by atoms with Gasteiger partial charge in [-0.25, -0.2) is 0 Å². The van der Waals surface area contributed by atoms with Crippen LogP contribution >= 0.6 is 0 Å². The average Bonchev–Trinajstić information content (AvgIpc) is 2.35. The molecule has 0 spiro atoms. The molecule has 0 aliphatic carbocycles. The third-order valence-electron chi connectivity index (χ3n) is 3.15. The summed E-state index contributed by atoms with van der Waals surface area (Å²) < 4.78 is 0. The maximum absolute atomic E-state index is 11.1. The summed E-state index contributed by atoms with van der Waals surface area (Å²) in [4.78, 5) is 23.4. The predicted molar refractivity (Wildman–Crippen MR) is 70.9 cm³/mol. The van der Waals surface area contributed by atoms with Gasteiger partial charge >= 0.3 is 11.9 Å². The van der Waals surface area contributed by atoms with Gasteiger partial charge in [0.15, 0.2) is 0 Å². The molecular formula is C14H19NO4. The lowest BCUT2D eigenvalue weighted by Gasteiger charge is -2.26. The molecule has 104 valence electrons. The molecule has 1 aromatic rings. The highest BCUT2D eigenvalue weighted by molar-refractivity contribution is 5.73. The maximum Gasteiger partial charge on any atom is 0.320 e. The normalized spacial score (nSPS) is 12.4. The lowest BCUT2D eigenvalue weighted by molar-refractivity contribution is -0.144. The largest absolute Gasteiger partial charge is 0.481 e. The van der Waals surface area contributed by atoms with Gasteiger partial charge in [0.1, 0.15) is 6.04 Å². The third kappa shape index (κ3) is 4.71.